The standard InChI is InChI=1S/C19H28N4O2.HI/c1-20-18(23-8-6-19(13-23)7-9-24-14-19)22-11-16-4-5-17(21-10-16)25-12-15-2-3-15;/h4-5,10,15H,2-3,6-9,11-14H2,1H3,(H,20,22);1H. The number of halogens is 1. The molecule has 0 bridgehead atoms. The zero-order chi connectivity index (χ0) is 17.1. The van der Waals surface area contributed by atoms with E-state index in [9.17, 15) is 0 Å². The van der Waals surface area contributed by atoms with Gasteiger partial charge in [0.25, 0.3) is 0 Å². The van der Waals surface area contributed by atoms with Crippen molar-refractivity contribution in [3.05, 3.63) is 23.9 Å². The molecule has 1 aromatic rings. The summed E-state index contributed by atoms with van der Waals surface area (Å²) in [6.07, 6.45) is 6.85. The van der Waals surface area contributed by atoms with E-state index in [0.29, 0.717) is 5.41 Å². The zero-order valence-corrected chi connectivity index (χ0v) is 17.8. The highest BCUT2D eigenvalue weighted by Gasteiger charge is 2.42. The molecule has 26 heavy (non-hydrogen) atoms. The fraction of sp³-hybridized carbons (Fsp3) is 0.684. The highest BCUT2D eigenvalue weighted by Crippen LogP contribution is 2.38. The van der Waals surface area contributed by atoms with Crippen LogP contribution in [0.4, 0.5) is 0 Å². The van der Waals surface area contributed by atoms with Gasteiger partial charge in [0.15, 0.2) is 5.96 Å². The van der Waals surface area contributed by atoms with Crippen LogP contribution in [0.1, 0.15) is 31.2 Å². The number of ether oxygens (including phenoxy) is 2. The molecule has 1 aliphatic carbocycles. The van der Waals surface area contributed by atoms with Crippen LogP contribution in [0.25, 0.3) is 0 Å². The molecule has 1 N–H and O–H groups in total. The molecule has 0 radical (unpaired) electrons. The van der Waals surface area contributed by atoms with E-state index < -0.39 is 0 Å². The monoisotopic (exact) mass is 472 g/mol. The van der Waals surface area contributed by atoms with E-state index >= 15 is 0 Å². The second-order valence-corrected chi connectivity index (χ2v) is 7.63. The molecule has 3 aliphatic rings. The summed E-state index contributed by atoms with van der Waals surface area (Å²) in [5, 5.41) is 3.47. The number of aliphatic imine (C=N–C) groups is 1. The Bertz CT molecular complexity index is 612. The summed E-state index contributed by atoms with van der Waals surface area (Å²) in [5.74, 6) is 2.45. The maximum absolute atomic E-state index is 5.69. The topological polar surface area (TPSA) is 59.0 Å². The number of rotatable bonds is 5. The summed E-state index contributed by atoms with van der Waals surface area (Å²) in [5.41, 5.74) is 1.48. The normalized spacial score (nSPS) is 25.4. The minimum Gasteiger partial charge on any atom is -0.477 e. The van der Waals surface area contributed by atoms with Crippen LogP contribution >= 0.6 is 24.0 Å². The number of hydrogen-bond acceptors (Lipinski definition) is 4. The lowest BCUT2D eigenvalue weighted by Crippen LogP contribution is -2.41. The first-order chi connectivity index (χ1) is 12.3. The summed E-state index contributed by atoms with van der Waals surface area (Å²) in [7, 11) is 1.85. The molecule has 1 unspecified atom stereocenters. The zero-order valence-electron chi connectivity index (χ0n) is 15.4. The largest absolute Gasteiger partial charge is 0.477 e. The van der Waals surface area contributed by atoms with E-state index in [1.165, 1.54) is 25.7 Å². The fourth-order valence-electron chi connectivity index (χ4n) is 3.69. The first kappa shape index (κ1) is 19.7. The van der Waals surface area contributed by atoms with Crippen molar-refractivity contribution in [2.75, 3.05) is 40.0 Å². The Morgan fingerprint density at radius 3 is 2.96 bits per heavy atom. The van der Waals surface area contributed by atoms with E-state index in [-0.39, 0.29) is 24.0 Å². The maximum Gasteiger partial charge on any atom is 0.213 e. The van der Waals surface area contributed by atoms with Gasteiger partial charge in [-0.3, -0.25) is 4.99 Å². The van der Waals surface area contributed by atoms with Crippen molar-refractivity contribution in [3.63, 3.8) is 0 Å². The average Bonchev–Trinajstić information content (AvgIpc) is 3.22. The highest BCUT2D eigenvalue weighted by atomic mass is 127. The molecule has 0 amide bonds. The van der Waals surface area contributed by atoms with Gasteiger partial charge in [-0.1, -0.05) is 6.07 Å². The molecule has 1 spiro atoms. The molecular formula is C19H29IN4O2. The molecule has 4 rings (SSSR count). The van der Waals surface area contributed by atoms with Crippen LogP contribution in [0.15, 0.2) is 23.3 Å². The van der Waals surface area contributed by atoms with Gasteiger partial charge in [-0.15, -0.1) is 24.0 Å². The van der Waals surface area contributed by atoms with Crippen LogP contribution in [0, 0.1) is 11.3 Å². The van der Waals surface area contributed by atoms with Crippen molar-refractivity contribution in [1.29, 1.82) is 0 Å². The van der Waals surface area contributed by atoms with Crippen LogP contribution < -0.4 is 10.1 Å². The number of aromatic nitrogens is 1. The minimum atomic E-state index is 0. The molecule has 2 saturated heterocycles. The van der Waals surface area contributed by atoms with Crippen molar-refractivity contribution < 1.29 is 9.47 Å². The molecule has 0 aromatic carbocycles. The van der Waals surface area contributed by atoms with E-state index in [4.69, 9.17) is 9.47 Å². The lowest BCUT2D eigenvalue weighted by Gasteiger charge is -2.25. The first-order valence-corrected chi connectivity index (χ1v) is 9.37. The summed E-state index contributed by atoms with van der Waals surface area (Å²) >= 11 is 0. The molecule has 1 aromatic heterocycles. The Labute approximate surface area is 172 Å². The molecule has 7 heteroatoms. The van der Waals surface area contributed by atoms with Crippen LogP contribution in [0.5, 0.6) is 5.88 Å². The van der Waals surface area contributed by atoms with Crippen molar-refractivity contribution in [3.8, 4) is 5.88 Å². The minimum absolute atomic E-state index is 0. The SMILES string of the molecule is CN=C(NCc1ccc(OCC2CC2)nc1)N1CCC2(CCOC2)C1.I. The molecular weight excluding hydrogens is 443 g/mol. The third-order valence-corrected chi connectivity index (χ3v) is 5.55. The smallest absolute Gasteiger partial charge is 0.213 e. The number of likely N-dealkylation sites (tertiary alicyclic amines) is 1. The third-order valence-electron chi connectivity index (χ3n) is 5.55. The molecule has 3 heterocycles. The number of hydrogen-bond donors (Lipinski definition) is 1. The van der Waals surface area contributed by atoms with Crippen LogP contribution in [0.2, 0.25) is 0 Å². The second-order valence-electron chi connectivity index (χ2n) is 7.63. The summed E-state index contributed by atoms with van der Waals surface area (Å²) < 4.78 is 11.3. The Morgan fingerprint density at radius 1 is 1.42 bits per heavy atom. The fourth-order valence-corrected chi connectivity index (χ4v) is 3.69. The Morgan fingerprint density at radius 2 is 2.31 bits per heavy atom. The molecule has 2 aliphatic heterocycles. The Balaban J connectivity index is 0.00000196. The van der Waals surface area contributed by atoms with E-state index in [2.05, 4.69) is 26.3 Å². The van der Waals surface area contributed by atoms with Crippen LogP contribution in [0.3, 0.4) is 0 Å². The van der Waals surface area contributed by atoms with Crippen molar-refractivity contribution >= 4 is 29.9 Å². The van der Waals surface area contributed by atoms with E-state index in [0.717, 1.165) is 62.8 Å². The van der Waals surface area contributed by atoms with Gasteiger partial charge in [-0.05, 0) is 37.2 Å². The summed E-state index contributed by atoms with van der Waals surface area (Å²) in [6.45, 7) is 5.42. The van der Waals surface area contributed by atoms with Crippen LogP contribution in [-0.4, -0.2) is 55.8 Å². The van der Waals surface area contributed by atoms with Gasteiger partial charge < -0.3 is 19.7 Å². The summed E-state index contributed by atoms with van der Waals surface area (Å²) in [4.78, 5) is 11.2. The molecule has 3 fully saturated rings. The Hall–Kier alpha value is -1.09. The van der Waals surface area contributed by atoms with Gasteiger partial charge in [0.2, 0.25) is 5.88 Å². The number of nitrogens with one attached hydrogen (secondary N) is 1. The molecule has 144 valence electrons. The van der Waals surface area contributed by atoms with Gasteiger partial charge in [-0.25, -0.2) is 4.98 Å². The van der Waals surface area contributed by atoms with Crippen molar-refractivity contribution in [1.82, 2.24) is 15.2 Å². The average molecular weight is 472 g/mol. The van der Waals surface area contributed by atoms with Gasteiger partial charge in [-0.2, -0.15) is 0 Å². The quantitative estimate of drug-likeness (QED) is 0.406. The number of pyridine rings is 1. The molecule has 1 atom stereocenters. The predicted octanol–water partition coefficient (Wildman–Crippen LogP) is 2.68. The van der Waals surface area contributed by atoms with Gasteiger partial charge in [0, 0.05) is 51.0 Å². The molecule has 1 saturated carbocycles. The predicted molar refractivity (Wildman–Crippen MR) is 112 cm³/mol. The maximum atomic E-state index is 5.69. The van der Waals surface area contributed by atoms with E-state index in [1.807, 2.05) is 19.3 Å². The van der Waals surface area contributed by atoms with Gasteiger partial charge in [0.05, 0.1) is 13.2 Å². The number of nitrogens with zero attached hydrogens (tertiary/aromatic N) is 3. The van der Waals surface area contributed by atoms with Crippen molar-refractivity contribution in [2.24, 2.45) is 16.3 Å². The second kappa shape index (κ2) is 8.73. The number of guanidine groups is 1. The first-order valence-electron chi connectivity index (χ1n) is 9.37. The van der Waals surface area contributed by atoms with Gasteiger partial charge >= 0.3 is 0 Å². The van der Waals surface area contributed by atoms with Crippen LogP contribution in [-0.2, 0) is 11.3 Å². The molecule has 6 nitrogen and oxygen atoms in total. The lowest BCUT2D eigenvalue weighted by molar-refractivity contribution is 0.156. The highest BCUT2D eigenvalue weighted by molar-refractivity contribution is 14.0. The Kier molecular flexibility index (Phi) is 6.60. The van der Waals surface area contributed by atoms with Crippen molar-refractivity contribution in [2.45, 2.75) is 32.2 Å². The lowest BCUT2D eigenvalue weighted by atomic mass is 9.87. The third kappa shape index (κ3) is 4.79. The van der Waals surface area contributed by atoms with E-state index in [1.54, 1.807) is 0 Å². The summed E-state index contributed by atoms with van der Waals surface area (Å²) in [6, 6.07) is 4.04. The van der Waals surface area contributed by atoms with Gasteiger partial charge in [0.1, 0.15) is 0 Å².